The van der Waals surface area contributed by atoms with Crippen LogP contribution in [0, 0.1) is 0 Å². The van der Waals surface area contributed by atoms with Crippen LogP contribution in [0.1, 0.15) is 5.69 Å². The lowest BCUT2D eigenvalue weighted by Gasteiger charge is -2.26. The predicted molar refractivity (Wildman–Crippen MR) is 100 cm³/mol. The second-order valence-corrected chi connectivity index (χ2v) is 5.21. The summed E-state index contributed by atoms with van der Waals surface area (Å²) in [5.41, 5.74) is 0.926. The molecule has 22 heavy (non-hydrogen) atoms. The van der Waals surface area contributed by atoms with Crippen LogP contribution in [0.25, 0.3) is 0 Å². The van der Waals surface area contributed by atoms with E-state index in [4.69, 9.17) is 16.3 Å². The second kappa shape index (κ2) is 11.0. The Kier molecular flexibility index (Phi) is 9.69. The summed E-state index contributed by atoms with van der Waals surface area (Å²) in [6.07, 6.45) is 1.65. The largest absolute Gasteiger partial charge is 0.379 e. The summed E-state index contributed by atoms with van der Waals surface area (Å²) in [5.74, 6) is 0.778. The van der Waals surface area contributed by atoms with Gasteiger partial charge in [0.05, 0.1) is 30.5 Å². The summed E-state index contributed by atoms with van der Waals surface area (Å²) in [7, 11) is 1.76. The molecule has 1 aliphatic heterocycles. The zero-order chi connectivity index (χ0) is 14.9. The highest BCUT2D eigenvalue weighted by Crippen LogP contribution is 2.05. The highest BCUT2D eigenvalue weighted by Gasteiger charge is 2.09. The number of rotatable bonds is 5. The number of hydrogen-bond donors (Lipinski definition) is 2. The van der Waals surface area contributed by atoms with Crippen LogP contribution in [0.2, 0.25) is 5.02 Å². The molecule has 124 valence electrons. The van der Waals surface area contributed by atoms with E-state index in [1.165, 1.54) is 0 Å². The fourth-order valence-corrected chi connectivity index (χ4v) is 2.17. The molecule has 0 bridgehead atoms. The van der Waals surface area contributed by atoms with Gasteiger partial charge in [-0.3, -0.25) is 14.9 Å². The van der Waals surface area contributed by atoms with Gasteiger partial charge in [-0.2, -0.15) is 0 Å². The van der Waals surface area contributed by atoms with Crippen molar-refractivity contribution < 1.29 is 4.74 Å². The van der Waals surface area contributed by atoms with Crippen molar-refractivity contribution in [1.82, 2.24) is 20.5 Å². The van der Waals surface area contributed by atoms with Gasteiger partial charge in [0.25, 0.3) is 0 Å². The van der Waals surface area contributed by atoms with E-state index < -0.39 is 0 Å². The van der Waals surface area contributed by atoms with E-state index >= 15 is 0 Å². The Morgan fingerprint density at radius 2 is 2.14 bits per heavy atom. The Bertz CT molecular complexity index is 451. The average molecular weight is 440 g/mol. The molecule has 0 saturated carbocycles. The first kappa shape index (κ1) is 19.4. The molecule has 0 spiro atoms. The molecule has 0 radical (unpaired) electrons. The van der Waals surface area contributed by atoms with Crippen molar-refractivity contribution in [3.63, 3.8) is 0 Å². The van der Waals surface area contributed by atoms with Gasteiger partial charge in [0.15, 0.2) is 5.96 Å². The Hall–Kier alpha value is -0.640. The Balaban J connectivity index is 0.00000242. The first-order valence-electron chi connectivity index (χ1n) is 7.13. The Labute approximate surface area is 153 Å². The van der Waals surface area contributed by atoms with Gasteiger partial charge < -0.3 is 15.4 Å². The number of aliphatic imine (C=N–C) groups is 1. The third-order valence-corrected chi connectivity index (χ3v) is 3.50. The smallest absolute Gasteiger partial charge is 0.191 e. The summed E-state index contributed by atoms with van der Waals surface area (Å²) in [5, 5.41) is 7.18. The molecular weight excluding hydrogens is 417 g/mol. The number of halogens is 2. The van der Waals surface area contributed by atoms with E-state index in [9.17, 15) is 0 Å². The van der Waals surface area contributed by atoms with E-state index in [0.29, 0.717) is 11.6 Å². The lowest BCUT2D eigenvalue weighted by Crippen LogP contribution is -2.44. The number of guanidine groups is 1. The molecule has 1 aromatic rings. The minimum atomic E-state index is 0. The van der Waals surface area contributed by atoms with Crippen molar-refractivity contribution >= 4 is 41.5 Å². The Morgan fingerprint density at radius 3 is 2.77 bits per heavy atom. The molecule has 8 heteroatoms. The standard InChI is InChI=1S/C14H22ClN5O.HI/c1-16-14(17-4-5-20-6-8-21-9-7-20)19-11-13-3-2-12(15)10-18-13;/h2-3,10H,4-9,11H2,1H3,(H2,16,17,19);1H. The maximum Gasteiger partial charge on any atom is 0.191 e. The van der Waals surface area contributed by atoms with Crippen molar-refractivity contribution in [3.05, 3.63) is 29.0 Å². The predicted octanol–water partition coefficient (Wildman–Crippen LogP) is 1.35. The molecule has 0 atom stereocenters. The van der Waals surface area contributed by atoms with Gasteiger partial charge in [-0.25, -0.2) is 0 Å². The summed E-state index contributed by atoms with van der Waals surface area (Å²) in [6.45, 7) is 6.13. The lowest BCUT2D eigenvalue weighted by atomic mass is 10.3. The molecule has 0 aromatic carbocycles. The molecule has 0 amide bonds. The summed E-state index contributed by atoms with van der Waals surface area (Å²) >= 11 is 5.81. The first-order valence-corrected chi connectivity index (χ1v) is 7.51. The molecule has 2 N–H and O–H groups in total. The van der Waals surface area contributed by atoms with Gasteiger partial charge >= 0.3 is 0 Å². The fraction of sp³-hybridized carbons (Fsp3) is 0.571. The molecular formula is C14H23ClIN5O. The highest BCUT2D eigenvalue weighted by molar-refractivity contribution is 14.0. The van der Waals surface area contributed by atoms with E-state index in [0.717, 1.165) is 51.0 Å². The lowest BCUT2D eigenvalue weighted by molar-refractivity contribution is 0.0389. The minimum absolute atomic E-state index is 0. The van der Waals surface area contributed by atoms with Crippen molar-refractivity contribution in [1.29, 1.82) is 0 Å². The number of ether oxygens (including phenoxy) is 1. The monoisotopic (exact) mass is 439 g/mol. The molecule has 2 rings (SSSR count). The van der Waals surface area contributed by atoms with E-state index in [2.05, 4.69) is 25.5 Å². The second-order valence-electron chi connectivity index (χ2n) is 4.77. The molecule has 2 heterocycles. The molecule has 1 saturated heterocycles. The van der Waals surface area contributed by atoms with Crippen LogP contribution in [0.15, 0.2) is 23.3 Å². The van der Waals surface area contributed by atoms with Gasteiger partial charge in [-0.1, -0.05) is 11.6 Å². The van der Waals surface area contributed by atoms with Gasteiger partial charge in [0, 0.05) is 39.4 Å². The minimum Gasteiger partial charge on any atom is -0.379 e. The van der Waals surface area contributed by atoms with E-state index in [1.807, 2.05) is 12.1 Å². The maximum absolute atomic E-state index is 5.81. The van der Waals surface area contributed by atoms with E-state index in [1.54, 1.807) is 13.2 Å². The number of aromatic nitrogens is 1. The first-order chi connectivity index (χ1) is 10.3. The van der Waals surface area contributed by atoms with Crippen LogP contribution in [0.5, 0.6) is 0 Å². The number of morpholine rings is 1. The van der Waals surface area contributed by atoms with Gasteiger partial charge in [-0.15, -0.1) is 24.0 Å². The van der Waals surface area contributed by atoms with Crippen molar-refractivity contribution in [2.75, 3.05) is 46.4 Å². The molecule has 0 aliphatic carbocycles. The van der Waals surface area contributed by atoms with Crippen molar-refractivity contribution in [2.45, 2.75) is 6.54 Å². The number of nitrogens with zero attached hydrogens (tertiary/aromatic N) is 3. The average Bonchev–Trinajstić information content (AvgIpc) is 2.53. The maximum atomic E-state index is 5.81. The van der Waals surface area contributed by atoms with Crippen molar-refractivity contribution in [2.24, 2.45) is 4.99 Å². The van der Waals surface area contributed by atoms with Crippen LogP contribution >= 0.6 is 35.6 Å². The van der Waals surface area contributed by atoms with Crippen molar-refractivity contribution in [3.8, 4) is 0 Å². The quantitative estimate of drug-likeness (QED) is 0.412. The number of hydrogen-bond acceptors (Lipinski definition) is 4. The molecule has 1 fully saturated rings. The SMILES string of the molecule is CN=C(NCCN1CCOCC1)NCc1ccc(Cl)cn1.I. The topological polar surface area (TPSA) is 61.8 Å². The van der Waals surface area contributed by atoms with Crippen LogP contribution in [-0.4, -0.2) is 62.3 Å². The number of pyridine rings is 1. The van der Waals surface area contributed by atoms with E-state index in [-0.39, 0.29) is 24.0 Å². The van der Waals surface area contributed by atoms with Crippen LogP contribution in [0.3, 0.4) is 0 Å². The third kappa shape index (κ3) is 7.08. The highest BCUT2D eigenvalue weighted by atomic mass is 127. The number of nitrogens with one attached hydrogen (secondary N) is 2. The molecule has 1 aromatic heterocycles. The zero-order valence-corrected chi connectivity index (χ0v) is 15.8. The summed E-state index contributed by atoms with van der Waals surface area (Å²) in [4.78, 5) is 10.8. The zero-order valence-electron chi connectivity index (χ0n) is 12.7. The van der Waals surface area contributed by atoms with Crippen LogP contribution in [-0.2, 0) is 11.3 Å². The van der Waals surface area contributed by atoms with Gasteiger partial charge in [0.1, 0.15) is 0 Å². The fourth-order valence-electron chi connectivity index (χ4n) is 2.06. The molecule has 1 aliphatic rings. The van der Waals surface area contributed by atoms with Crippen LogP contribution in [0.4, 0.5) is 0 Å². The third-order valence-electron chi connectivity index (χ3n) is 3.27. The normalized spacial score (nSPS) is 16.0. The van der Waals surface area contributed by atoms with Gasteiger partial charge in [-0.05, 0) is 12.1 Å². The van der Waals surface area contributed by atoms with Crippen LogP contribution < -0.4 is 10.6 Å². The molecule has 0 unspecified atom stereocenters. The molecule has 6 nitrogen and oxygen atoms in total. The summed E-state index contributed by atoms with van der Waals surface area (Å²) < 4.78 is 5.33. The summed E-state index contributed by atoms with van der Waals surface area (Å²) in [6, 6.07) is 3.73. The van der Waals surface area contributed by atoms with Gasteiger partial charge in [0.2, 0.25) is 0 Å². The Morgan fingerprint density at radius 1 is 1.36 bits per heavy atom.